The molecule has 0 amide bonds. The largest absolute Gasteiger partial charge is 0.354 e. The number of nitrogens with one attached hydrogen (secondary N) is 2. The molecule has 0 bridgehead atoms. The lowest BCUT2D eigenvalue weighted by Gasteiger charge is -2.17. The number of nitrogens with zero attached hydrogens (tertiary/aromatic N) is 12. The maximum Gasteiger partial charge on any atom is 0.354 e. The molecule has 6 heterocycles. The van der Waals surface area contributed by atoms with Gasteiger partial charge in [0.05, 0.1) is 54.4 Å². The maximum atomic E-state index is 8.49. The SMILES string of the molecule is CN1CCN(C)C1=Nc1cccc(NC2=[N+](C)CCN2C)n1.CN1CCN(C)C1=Nc1cccc(NC2=[N+](C)CCN2C)n1.[O-][Cl+3]([O-])([O-])[O-].[O-][Cl+3]([O-])([O-])[O-]. The van der Waals surface area contributed by atoms with E-state index in [9.17, 15) is 0 Å². The standard InChI is InChI=1S/2C15H23N7.2ClHO4/c2*1-19-8-9-20(2)14(19)17-12-6-5-7-13(16-12)18-15-21(3)10-11-22(15)4;2*2-1(3,4)5/h2*5-7H,8-11H2,1-4H3;2*(H,2,3,4,5). The highest BCUT2D eigenvalue weighted by Gasteiger charge is 2.26. The normalized spacial score (nSPS) is 17.3. The van der Waals surface area contributed by atoms with E-state index in [4.69, 9.17) is 37.3 Å². The fraction of sp³-hybridized carbons (Fsp3) is 0.533. The minimum Gasteiger partial charge on any atom is -0.344 e. The molecule has 2 N–H and O–H groups in total. The van der Waals surface area contributed by atoms with E-state index in [1.165, 1.54) is 0 Å². The van der Waals surface area contributed by atoms with Crippen LogP contribution < -0.4 is 47.9 Å². The molecule has 300 valence electrons. The lowest BCUT2D eigenvalue weighted by molar-refractivity contribution is -2.00. The van der Waals surface area contributed by atoms with Gasteiger partial charge in [-0.2, -0.15) is 20.0 Å². The summed E-state index contributed by atoms with van der Waals surface area (Å²) in [5, 5.41) is 6.78. The van der Waals surface area contributed by atoms with Crippen molar-refractivity contribution >= 4 is 47.1 Å². The number of halogens is 2. The quantitative estimate of drug-likeness (QED) is 0.271. The molecule has 54 heavy (non-hydrogen) atoms. The monoisotopic (exact) mass is 802 g/mol. The van der Waals surface area contributed by atoms with Gasteiger partial charge in [-0.1, -0.05) is 12.1 Å². The third-order valence-electron chi connectivity index (χ3n) is 8.27. The summed E-state index contributed by atoms with van der Waals surface area (Å²) in [5.41, 5.74) is 0. The number of hydrogen-bond donors (Lipinski definition) is 2. The number of anilines is 2. The van der Waals surface area contributed by atoms with Crippen molar-refractivity contribution in [1.82, 2.24) is 39.4 Å². The molecule has 0 spiro atoms. The Bertz CT molecular complexity index is 1530. The van der Waals surface area contributed by atoms with Crippen molar-refractivity contribution < 1.29 is 66.9 Å². The number of guanidine groups is 4. The number of likely N-dealkylation sites (N-methyl/N-ethyl adjacent to an activating group) is 8. The summed E-state index contributed by atoms with van der Waals surface area (Å²) in [7, 11) is 6.67. The molecule has 0 atom stereocenters. The first-order valence-corrected chi connectivity index (χ1v) is 18.9. The van der Waals surface area contributed by atoms with E-state index in [2.05, 4.69) is 126 Å². The topological polar surface area (TPSA) is 284 Å². The molecule has 0 aromatic carbocycles. The van der Waals surface area contributed by atoms with Crippen LogP contribution in [0.25, 0.3) is 0 Å². The van der Waals surface area contributed by atoms with E-state index in [1.54, 1.807) is 0 Å². The fourth-order valence-corrected chi connectivity index (χ4v) is 5.46. The number of aliphatic imine (C=N–C) groups is 2. The van der Waals surface area contributed by atoms with E-state index >= 15 is 0 Å². The number of pyridine rings is 2. The molecule has 24 heteroatoms. The maximum absolute atomic E-state index is 8.49. The van der Waals surface area contributed by atoms with Crippen molar-refractivity contribution in [2.24, 2.45) is 9.98 Å². The lowest BCUT2D eigenvalue weighted by Crippen LogP contribution is -2.68. The highest BCUT2D eigenvalue weighted by Crippen LogP contribution is 2.18. The van der Waals surface area contributed by atoms with Gasteiger partial charge in [-0.05, 0) is 24.3 Å². The van der Waals surface area contributed by atoms with Crippen LogP contribution in [-0.2, 0) is 0 Å². The van der Waals surface area contributed by atoms with Gasteiger partial charge >= 0.3 is 11.9 Å². The number of hydrogen-bond acceptors (Lipinski definition) is 16. The van der Waals surface area contributed by atoms with Crippen LogP contribution >= 0.6 is 0 Å². The Labute approximate surface area is 318 Å². The van der Waals surface area contributed by atoms with Crippen molar-refractivity contribution in [2.75, 3.05) is 119 Å². The minimum atomic E-state index is -4.94. The summed E-state index contributed by atoms with van der Waals surface area (Å²) in [5.74, 6) is 7.18. The second kappa shape index (κ2) is 19.3. The van der Waals surface area contributed by atoms with Gasteiger partial charge in [-0.15, -0.1) is 20.5 Å². The van der Waals surface area contributed by atoms with Gasteiger partial charge in [-0.3, -0.25) is 19.0 Å². The molecule has 0 radical (unpaired) electrons. The molecule has 2 aromatic heterocycles. The first-order valence-electron chi connectivity index (χ1n) is 16.4. The van der Waals surface area contributed by atoms with Crippen LogP contribution in [0.1, 0.15) is 0 Å². The van der Waals surface area contributed by atoms with E-state index in [-0.39, 0.29) is 0 Å². The molecule has 2 saturated heterocycles. The summed E-state index contributed by atoms with van der Waals surface area (Å²) in [6, 6.07) is 11.8. The van der Waals surface area contributed by atoms with Crippen molar-refractivity contribution in [2.45, 2.75) is 0 Å². The molecule has 0 aliphatic carbocycles. The fourth-order valence-electron chi connectivity index (χ4n) is 5.46. The molecule has 4 aliphatic heterocycles. The highest BCUT2D eigenvalue weighted by atomic mass is 35.7. The molecule has 4 aliphatic rings. The molecule has 0 unspecified atom stereocenters. The zero-order valence-electron chi connectivity index (χ0n) is 31.5. The zero-order valence-corrected chi connectivity index (χ0v) is 33.0. The minimum absolute atomic E-state index is 0.726. The summed E-state index contributed by atoms with van der Waals surface area (Å²) in [6.45, 7) is 8.10. The van der Waals surface area contributed by atoms with E-state index in [0.717, 1.165) is 99.5 Å². The van der Waals surface area contributed by atoms with Crippen LogP contribution in [0.4, 0.5) is 23.3 Å². The third-order valence-corrected chi connectivity index (χ3v) is 8.27. The Hall–Kier alpha value is -4.36. The van der Waals surface area contributed by atoms with Crippen LogP contribution in [0.2, 0.25) is 0 Å². The summed E-state index contributed by atoms with van der Waals surface area (Å²) >= 11 is 0. The summed E-state index contributed by atoms with van der Waals surface area (Å²) in [6.07, 6.45) is 0. The number of rotatable bonds is 4. The van der Waals surface area contributed by atoms with Crippen molar-refractivity contribution in [3.8, 4) is 0 Å². The van der Waals surface area contributed by atoms with Gasteiger partial charge in [0.15, 0.2) is 23.3 Å². The molecule has 2 fully saturated rings. The van der Waals surface area contributed by atoms with Gasteiger partial charge in [0.25, 0.3) is 0 Å². The first kappa shape index (κ1) is 44.0. The average Bonchev–Trinajstić information content (AvgIpc) is 3.77. The van der Waals surface area contributed by atoms with Crippen LogP contribution in [0.5, 0.6) is 0 Å². The van der Waals surface area contributed by atoms with Crippen LogP contribution in [0.15, 0.2) is 46.4 Å². The van der Waals surface area contributed by atoms with Crippen molar-refractivity contribution in [1.29, 1.82) is 0 Å². The highest BCUT2D eigenvalue weighted by molar-refractivity contribution is 5.90. The average molecular weight is 804 g/mol. The Morgan fingerprint density at radius 1 is 0.519 bits per heavy atom. The second-order valence-corrected chi connectivity index (χ2v) is 14.1. The first-order chi connectivity index (χ1) is 25.1. The second-order valence-electron chi connectivity index (χ2n) is 12.6. The summed E-state index contributed by atoms with van der Waals surface area (Å²) < 4.78 is 72.3. The zero-order chi connectivity index (χ0) is 40.4. The van der Waals surface area contributed by atoms with E-state index in [0.29, 0.717) is 0 Å². The predicted octanol–water partition coefficient (Wildman–Crippen LogP) is -8.91. The van der Waals surface area contributed by atoms with E-state index in [1.807, 2.05) is 36.4 Å². The molecule has 22 nitrogen and oxygen atoms in total. The summed E-state index contributed by atoms with van der Waals surface area (Å²) in [4.78, 5) is 31.5. The van der Waals surface area contributed by atoms with Gasteiger partial charge in [0.2, 0.25) is 11.9 Å². The predicted molar refractivity (Wildman–Crippen MR) is 178 cm³/mol. The van der Waals surface area contributed by atoms with Gasteiger partial charge in [-0.25, -0.2) is 47.9 Å². The Balaban J connectivity index is 0.000000233. The van der Waals surface area contributed by atoms with Gasteiger partial charge in [0.1, 0.15) is 0 Å². The van der Waals surface area contributed by atoms with Crippen LogP contribution in [0, 0.1) is 20.5 Å². The molecular weight excluding hydrogens is 755 g/mol. The molecule has 0 saturated carbocycles. The third kappa shape index (κ3) is 14.8. The van der Waals surface area contributed by atoms with Crippen LogP contribution in [0.3, 0.4) is 0 Å². The van der Waals surface area contributed by atoms with Gasteiger partial charge < -0.3 is 19.6 Å². The van der Waals surface area contributed by atoms with Crippen LogP contribution in [-0.4, -0.2) is 181 Å². The van der Waals surface area contributed by atoms with Crippen molar-refractivity contribution in [3.05, 3.63) is 36.4 Å². The number of aromatic nitrogens is 2. The Morgan fingerprint density at radius 2 is 0.815 bits per heavy atom. The van der Waals surface area contributed by atoms with E-state index < -0.39 is 20.5 Å². The molecular formula is C30H48Cl2N14O8. The molecule has 6 rings (SSSR count). The lowest BCUT2D eigenvalue weighted by atomic mass is 10.4. The Kier molecular flexibility index (Phi) is 15.7. The Morgan fingerprint density at radius 3 is 1.07 bits per heavy atom. The van der Waals surface area contributed by atoms with Gasteiger partial charge in [0, 0.05) is 54.4 Å². The smallest absolute Gasteiger partial charge is 0.344 e. The van der Waals surface area contributed by atoms with Crippen molar-refractivity contribution in [3.63, 3.8) is 0 Å². The molecule has 2 aromatic rings.